The van der Waals surface area contributed by atoms with Gasteiger partial charge in [0.1, 0.15) is 0 Å². The van der Waals surface area contributed by atoms with E-state index < -0.39 is 0 Å². The molecule has 0 saturated carbocycles. The molecule has 1 saturated heterocycles. The number of hydrogen-bond donors (Lipinski definition) is 1. The van der Waals surface area contributed by atoms with Gasteiger partial charge < -0.3 is 14.8 Å². The minimum Gasteiger partial charge on any atom is -0.352 e. The van der Waals surface area contributed by atoms with E-state index in [0.29, 0.717) is 6.54 Å². The summed E-state index contributed by atoms with van der Waals surface area (Å²) in [7, 11) is 0. The first-order valence-electron chi connectivity index (χ1n) is 9.49. The second-order valence-corrected chi connectivity index (χ2v) is 8.53. The molecule has 3 aromatic rings. The fourth-order valence-corrected chi connectivity index (χ4v) is 3.94. The Labute approximate surface area is 171 Å². The summed E-state index contributed by atoms with van der Waals surface area (Å²) in [5, 5.41) is 4.25. The van der Waals surface area contributed by atoms with E-state index in [2.05, 4.69) is 76.1 Å². The average molecular weight is 392 g/mol. The summed E-state index contributed by atoms with van der Waals surface area (Å²) in [4.78, 5) is 11.1. The van der Waals surface area contributed by atoms with Gasteiger partial charge in [0.05, 0.1) is 17.8 Å². The number of nitrogens with one attached hydrogen (secondary N) is 1. The Morgan fingerprint density at radius 1 is 1.11 bits per heavy atom. The van der Waals surface area contributed by atoms with Crippen molar-refractivity contribution in [3.8, 4) is 0 Å². The van der Waals surface area contributed by atoms with Crippen LogP contribution in [0.5, 0.6) is 0 Å². The van der Waals surface area contributed by atoms with Crippen molar-refractivity contribution >= 4 is 17.3 Å². The highest BCUT2D eigenvalue weighted by molar-refractivity contribution is 7.80. The van der Waals surface area contributed by atoms with E-state index in [1.54, 1.807) is 6.20 Å². The van der Waals surface area contributed by atoms with Gasteiger partial charge in [-0.25, -0.2) is 0 Å². The molecule has 28 heavy (non-hydrogen) atoms. The van der Waals surface area contributed by atoms with Crippen LogP contribution in [-0.4, -0.2) is 24.5 Å². The lowest BCUT2D eigenvalue weighted by Gasteiger charge is -2.27. The zero-order chi connectivity index (χ0) is 19.7. The largest absolute Gasteiger partial charge is 0.352 e. The highest BCUT2D eigenvalue weighted by Crippen LogP contribution is 2.40. The van der Waals surface area contributed by atoms with Crippen LogP contribution in [0.25, 0.3) is 0 Å². The van der Waals surface area contributed by atoms with Crippen molar-refractivity contribution in [2.45, 2.75) is 44.9 Å². The Balaban J connectivity index is 1.74. The lowest BCUT2D eigenvalue weighted by atomic mass is 9.98. The van der Waals surface area contributed by atoms with Gasteiger partial charge in [0, 0.05) is 43.1 Å². The lowest BCUT2D eigenvalue weighted by molar-refractivity contribution is 0.309. The van der Waals surface area contributed by atoms with E-state index >= 15 is 0 Å². The predicted molar refractivity (Wildman–Crippen MR) is 115 cm³/mol. The van der Waals surface area contributed by atoms with Gasteiger partial charge in [-0.2, -0.15) is 0 Å². The molecule has 5 nitrogen and oxygen atoms in total. The van der Waals surface area contributed by atoms with Crippen LogP contribution in [-0.2, 0) is 12.1 Å². The van der Waals surface area contributed by atoms with Crippen molar-refractivity contribution < 1.29 is 0 Å². The molecule has 144 valence electrons. The summed E-state index contributed by atoms with van der Waals surface area (Å²) in [5.41, 5.74) is 3.38. The molecule has 2 atom stereocenters. The second kappa shape index (κ2) is 7.36. The van der Waals surface area contributed by atoms with Crippen LogP contribution < -0.4 is 5.32 Å². The van der Waals surface area contributed by atoms with E-state index in [1.807, 2.05) is 30.6 Å². The molecule has 4 heterocycles. The van der Waals surface area contributed by atoms with E-state index in [4.69, 9.17) is 12.2 Å². The molecule has 1 aliphatic rings. The van der Waals surface area contributed by atoms with E-state index in [1.165, 1.54) is 5.56 Å². The number of thiocarbonyl (C=S) groups is 1. The van der Waals surface area contributed by atoms with Crippen molar-refractivity contribution in [3.05, 3.63) is 84.2 Å². The molecule has 0 bridgehead atoms. The summed E-state index contributed by atoms with van der Waals surface area (Å²) in [6.45, 7) is 7.32. The first-order chi connectivity index (χ1) is 13.4. The Bertz CT molecular complexity index is 946. The number of nitrogens with zero attached hydrogens (tertiary/aromatic N) is 4. The van der Waals surface area contributed by atoms with Crippen LogP contribution in [0.15, 0.2) is 67.4 Å². The van der Waals surface area contributed by atoms with E-state index in [9.17, 15) is 0 Å². The molecule has 3 aromatic heterocycles. The molecule has 1 aliphatic heterocycles. The maximum atomic E-state index is 5.73. The van der Waals surface area contributed by atoms with Crippen LogP contribution >= 0.6 is 12.2 Å². The van der Waals surface area contributed by atoms with Gasteiger partial charge in [-0.15, -0.1) is 0 Å². The molecule has 0 aromatic carbocycles. The summed E-state index contributed by atoms with van der Waals surface area (Å²) >= 11 is 5.73. The van der Waals surface area contributed by atoms with Crippen molar-refractivity contribution in [3.63, 3.8) is 0 Å². The third kappa shape index (κ3) is 3.64. The third-order valence-electron chi connectivity index (χ3n) is 5.11. The van der Waals surface area contributed by atoms with Gasteiger partial charge in [0.2, 0.25) is 0 Å². The molecule has 1 fully saturated rings. The Kier molecular flexibility index (Phi) is 4.89. The van der Waals surface area contributed by atoms with Crippen molar-refractivity contribution in [1.29, 1.82) is 0 Å². The number of hydrogen-bond acceptors (Lipinski definition) is 3. The minimum atomic E-state index is 0.00110. The highest BCUT2D eigenvalue weighted by Gasteiger charge is 2.40. The zero-order valence-electron chi connectivity index (χ0n) is 16.4. The first kappa shape index (κ1) is 18.6. The summed E-state index contributed by atoms with van der Waals surface area (Å²) in [5.74, 6) is 0. The van der Waals surface area contributed by atoms with Crippen LogP contribution in [0.1, 0.15) is 49.7 Å². The molecule has 0 aliphatic carbocycles. The third-order valence-corrected chi connectivity index (χ3v) is 5.46. The monoisotopic (exact) mass is 391 g/mol. The van der Waals surface area contributed by atoms with Gasteiger partial charge in [-0.05, 0) is 68.4 Å². The fourth-order valence-electron chi connectivity index (χ4n) is 3.63. The van der Waals surface area contributed by atoms with Crippen LogP contribution in [0, 0.1) is 0 Å². The molecule has 0 amide bonds. The molecule has 0 spiro atoms. The number of aromatic nitrogens is 3. The first-order valence-corrected chi connectivity index (χ1v) is 9.89. The average Bonchev–Trinajstić information content (AvgIpc) is 3.29. The molecular weight excluding hydrogens is 366 g/mol. The molecule has 4 rings (SSSR count). The maximum absolute atomic E-state index is 5.73. The van der Waals surface area contributed by atoms with Gasteiger partial charge in [0.15, 0.2) is 5.11 Å². The van der Waals surface area contributed by atoms with Crippen LogP contribution in [0.4, 0.5) is 0 Å². The molecule has 0 radical (unpaired) electrons. The van der Waals surface area contributed by atoms with Gasteiger partial charge >= 0.3 is 0 Å². The molecule has 0 unspecified atom stereocenters. The van der Waals surface area contributed by atoms with Crippen molar-refractivity contribution in [1.82, 2.24) is 24.8 Å². The molecule has 1 N–H and O–H groups in total. The second-order valence-electron chi connectivity index (χ2n) is 8.14. The SMILES string of the molecule is CC(C)(C)n1ccc([C@H]2[C@@H](c3ccccn3)NC(=S)N2Cc2cccnc2)c1. The zero-order valence-corrected chi connectivity index (χ0v) is 17.2. The van der Waals surface area contributed by atoms with Crippen molar-refractivity contribution in [2.75, 3.05) is 0 Å². The summed E-state index contributed by atoms with van der Waals surface area (Å²) in [6.07, 6.45) is 9.90. The standard InChI is InChI=1S/C22H25N5S/c1-22(2,3)26-12-9-17(15-26)20-19(18-8-4-5-11-24-18)25-21(28)27(20)14-16-7-6-10-23-13-16/h4-13,15,19-20H,14H2,1-3H3,(H,25,28)/t19-,20+/m1/s1. The minimum absolute atomic E-state index is 0.00110. The van der Waals surface area contributed by atoms with Gasteiger partial charge in [0.25, 0.3) is 0 Å². The Hall–Kier alpha value is -2.73. The number of rotatable bonds is 4. The quantitative estimate of drug-likeness (QED) is 0.675. The maximum Gasteiger partial charge on any atom is 0.170 e. The van der Waals surface area contributed by atoms with E-state index in [-0.39, 0.29) is 17.6 Å². The summed E-state index contributed by atoms with van der Waals surface area (Å²) in [6, 6.07) is 12.3. The van der Waals surface area contributed by atoms with Crippen LogP contribution in [0.2, 0.25) is 0 Å². The Morgan fingerprint density at radius 3 is 2.61 bits per heavy atom. The fraction of sp³-hybridized carbons (Fsp3) is 0.318. The summed E-state index contributed by atoms with van der Waals surface area (Å²) < 4.78 is 2.25. The normalized spacial score (nSPS) is 19.7. The highest BCUT2D eigenvalue weighted by atomic mass is 32.1. The van der Waals surface area contributed by atoms with Gasteiger partial charge in [-0.1, -0.05) is 12.1 Å². The molecular formula is C22H25N5S. The smallest absolute Gasteiger partial charge is 0.170 e. The van der Waals surface area contributed by atoms with Gasteiger partial charge in [-0.3, -0.25) is 9.97 Å². The molecule has 6 heteroatoms. The van der Waals surface area contributed by atoms with E-state index in [0.717, 1.165) is 16.4 Å². The van der Waals surface area contributed by atoms with Crippen molar-refractivity contribution in [2.24, 2.45) is 0 Å². The lowest BCUT2D eigenvalue weighted by Crippen LogP contribution is -2.29. The topological polar surface area (TPSA) is 46.0 Å². The predicted octanol–water partition coefficient (Wildman–Crippen LogP) is 4.21. The Morgan fingerprint density at radius 2 is 1.96 bits per heavy atom. The van der Waals surface area contributed by atoms with Crippen LogP contribution in [0.3, 0.4) is 0 Å². The number of pyridine rings is 2.